The number of aromatic nitrogens is 1. The quantitative estimate of drug-likeness (QED) is 0.326. The molecule has 1 aromatic carbocycles. The third-order valence-corrected chi connectivity index (χ3v) is 6.46. The summed E-state index contributed by atoms with van der Waals surface area (Å²) in [6.07, 6.45) is 3.25. The Bertz CT molecular complexity index is 1160. The molecule has 3 heterocycles. The number of rotatable bonds is 6. The number of aryl methyl sites for hydroxylation is 1. The molecule has 0 aliphatic rings. The molecule has 1 atom stereocenters. The number of anilines is 2. The highest BCUT2D eigenvalue weighted by Gasteiger charge is 2.25. The van der Waals surface area contributed by atoms with Gasteiger partial charge in [-0.25, -0.2) is 4.98 Å². The Labute approximate surface area is 187 Å². The summed E-state index contributed by atoms with van der Waals surface area (Å²) in [7, 11) is 0. The van der Waals surface area contributed by atoms with E-state index in [1.54, 1.807) is 29.7 Å². The fourth-order valence-electron chi connectivity index (χ4n) is 3.26. The Morgan fingerprint density at radius 3 is 2.70 bits per heavy atom. The minimum absolute atomic E-state index is 0.200. The number of hydrogen-bond acceptors (Lipinski definition) is 5. The predicted octanol–water partition coefficient (Wildman–Crippen LogP) is 6.57. The molecule has 0 saturated heterocycles. The number of thiophene rings is 1. The highest BCUT2D eigenvalue weighted by molar-refractivity contribution is 9.10. The van der Waals surface area contributed by atoms with Gasteiger partial charge >= 0.3 is 0 Å². The highest BCUT2D eigenvalue weighted by atomic mass is 79.9. The lowest BCUT2D eigenvalue weighted by atomic mass is 9.96. The lowest BCUT2D eigenvalue weighted by Crippen LogP contribution is -2.17. The normalized spacial score (nSPS) is 11.8. The van der Waals surface area contributed by atoms with Crippen LogP contribution in [0.5, 0.6) is 0 Å². The second-order valence-corrected chi connectivity index (χ2v) is 8.95. The monoisotopic (exact) mass is 481 g/mol. The minimum Gasteiger partial charge on any atom is -0.459 e. The van der Waals surface area contributed by atoms with Gasteiger partial charge in [0.1, 0.15) is 10.8 Å². The summed E-state index contributed by atoms with van der Waals surface area (Å²) in [5.74, 6) is 0.767. The van der Waals surface area contributed by atoms with E-state index in [9.17, 15) is 4.79 Å². The molecular weight excluding hydrogens is 462 g/mol. The van der Waals surface area contributed by atoms with E-state index >= 15 is 0 Å². The van der Waals surface area contributed by atoms with Crippen molar-refractivity contribution in [1.82, 2.24) is 4.98 Å². The first-order valence-corrected chi connectivity index (χ1v) is 11.0. The molecule has 0 radical (unpaired) electrons. The fourth-order valence-corrected chi connectivity index (χ4v) is 4.77. The van der Waals surface area contributed by atoms with Gasteiger partial charge in [0, 0.05) is 21.1 Å². The van der Waals surface area contributed by atoms with Gasteiger partial charge in [-0.3, -0.25) is 4.79 Å². The van der Waals surface area contributed by atoms with Crippen molar-refractivity contribution >= 4 is 44.0 Å². The molecule has 2 N–H and O–H groups in total. The molecule has 0 spiro atoms. The van der Waals surface area contributed by atoms with Crippen LogP contribution in [-0.4, -0.2) is 10.9 Å². The molecule has 152 valence electrons. The maximum absolute atomic E-state index is 12.7. The van der Waals surface area contributed by atoms with Crippen LogP contribution in [0, 0.1) is 13.8 Å². The summed E-state index contributed by atoms with van der Waals surface area (Å²) in [5, 5.41) is 7.37. The van der Waals surface area contributed by atoms with Gasteiger partial charge in [-0.15, -0.1) is 11.3 Å². The van der Waals surface area contributed by atoms with E-state index in [1.807, 2.05) is 30.3 Å². The third kappa shape index (κ3) is 4.32. The van der Waals surface area contributed by atoms with Gasteiger partial charge in [0.2, 0.25) is 0 Å². The van der Waals surface area contributed by atoms with Crippen molar-refractivity contribution in [1.29, 1.82) is 0 Å². The van der Waals surface area contributed by atoms with Crippen molar-refractivity contribution in [3.8, 4) is 0 Å². The zero-order valence-corrected chi connectivity index (χ0v) is 18.9. The van der Waals surface area contributed by atoms with E-state index in [4.69, 9.17) is 4.42 Å². The summed E-state index contributed by atoms with van der Waals surface area (Å²) >= 11 is 5.13. The first-order valence-electron chi connectivity index (χ1n) is 9.40. The van der Waals surface area contributed by atoms with Crippen molar-refractivity contribution in [3.05, 3.63) is 98.9 Å². The molecular formula is C23H20BrN3O2S. The van der Waals surface area contributed by atoms with Crippen LogP contribution in [0.1, 0.15) is 38.2 Å². The summed E-state index contributed by atoms with van der Waals surface area (Å²) in [6.45, 7) is 4.14. The largest absolute Gasteiger partial charge is 0.459 e. The first kappa shape index (κ1) is 20.4. The summed E-state index contributed by atoms with van der Waals surface area (Å²) < 4.78 is 6.25. The topological polar surface area (TPSA) is 67.2 Å². The van der Waals surface area contributed by atoms with Crippen LogP contribution in [-0.2, 0) is 0 Å². The maximum Gasteiger partial charge on any atom is 0.291 e. The van der Waals surface area contributed by atoms with Gasteiger partial charge in [-0.2, -0.15) is 0 Å². The fraction of sp³-hybridized carbons (Fsp3) is 0.130. The molecule has 0 aliphatic heterocycles. The number of hydrogen-bond donors (Lipinski definition) is 2. The Morgan fingerprint density at radius 2 is 2.00 bits per heavy atom. The molecule has 0 fully saturated rings. The number of carbonyl (C=O) groups is 1. The molecule has 0 aliphatic carbocycles. The minimum atomic E-state index is -0.270. The van der Waals surface area contributed by atoms with Crippen LogP contribution in [0.2, 0.25) is 0 Å². The second-order valence-electron chi connectivity index (χ2n) is 6.80. The number of amides is 1. The number of pyridine rings is 1. The van der Waals surface area contributed by atoms with E-state index in [-0.39, 0.29) is 17.7 Å². The van der Waals surface area contributed by atoms with E-state index < -0.39 is 0 Å². The van der Waals surface area contributed by atoms with Crippen molar-refractivity contribution < 1.29 is 9.21 Å². The highest BCUT2D eigenvalue weighted by Crippen LogP contribution is 2.41. The predicted molar refractivity (Wildman–Crippen MR) is 124 cm³/mol. The standard InChI is InChI=1S/C23H20BrN3O2S/c1-14-15(2)30-23(27-22(28)18-9-6-12-29-18)20(14)21(16-7-5-8-17(24)13-16)26-19-10-3-4-11-25-19/h3-13,21H,1-2H3,(H,25,26)(H,27,28)/t21-/m0/s1. The van der Waals surface area contributed by atoms with Crippen molar-refractivity contribution in [2.24, 2.45) is 0 Å². The number of furan rings is 1. The van der Waals surface area contributed by atoms with Crippen LogP contribution in [0.3, 0.4) is 0 Å². The summed E-state index contributed by atoms with van der Waals surface area (Å²) in [6, 6.07) is 17.0. The Kier molecular flexibility index (Phi) is 6.01. The van der Waals surface area contributed by atoms with E-state index in [0.29, 0.717) is 0 Å². The van der Waals surface area contributed by atoms with Gasteiger partial charge in [0.25, 0.3) is 5.91 Å². The number of benzene rings is 1. The van der Waals surface area contributed by atoms with Crippen molar-refractivity contribution in [2.75, 3.05) is 10.6 Å². The van der Waals surface area contributed by atoms with Crippen LogP contribution in [0.15, 0.2) is 75.9 Å². The van der Waals surface area contributed by atoms with Crippen molar-refractivity contribution in [3.63, 3.8) is 0 Å². The number of carbonyl (C=O) groups excluding carboxylic acids is 1. The Balaban J connectivity index is 1.79. The first-order chi connectivity index (χ1) is 14.5. The Hall–Kier alpha value is -2.90. The van der Waals surface area contributed by atoms with Gasteiger partial charge in [0.15, 0.2) is 5.76 Å². The summed E-state index contributed by atoms with van der Waals surface area (Å²) in [5.41, 5.74) is 3.20. The van der Waals surface area contributed by atoms with E-state index in [0.717, 1.165) is 36.9 Å². The Morgan fingerprint density at radius 1 is 1.13 bits per heavy atom. The number of nitrogens with one attached hydrogen (secondary N) is 2. The van der Waals surface area contributed by atoms with Gasteiger partial charge in [0.05, 0.1) is 12.3 Å². The lowest BCUT2D eigenvalue weighted by molar-refractivity contribution is 0.0997. The van der Waals surface area contributed by atoms with Crippen LogP contribution in [0.4, 0.5) is 10.8 Å². The zero-order valence-electron chi connectivity index (χ0n) is 16.5. The zero-order chi connectivity index (χ0) is 21.1. The SMILES string of the molecule is Cc1sc(NC(=O)c2ccco2)c([C@@H](Nc2ccccn2)c2cccc(Br)c2)c1C. The lowest BCUT2D eigenvalue weighted by Gasteiger charge is -2.22. The van der Waals surface area contributed by atoms with E-state index in [1.165, 1.54) is 6.26 Å². The maximum atomic E-state index is 12.7. The van der Waals surface area contributed by atoms with Gasteiger partial charge < -0.3 is 15.1 Å². The number of nitrogens with zero attached hydrogens (tertiary/aromatic N) is 1. The summed E-state index contributed by atoms with van der Waals surface area (Å²) in [4.78, 5) is 18.3. The van der Waals surface area contributed by atoms with Gasteiger partial charge in [-0.05, 0) is 61.4 Å². The smallest absolute Gasteiger partial charge is 0.291 e. The third-order valence-electron chi connectivity index (χ3n) is 4.83. The van der Waals surface area contributed by atoms with Crippen LogP contribution in [0.25, 0.3) is 0 Å². The molecule has 30 heavy (non-hydrogen) atoms. The molecule has 1 amide bonds. The second kappa shape index (κ2) is 8.85. The van der Waals surface area contributed by atoms with Gasteiger partial charge in [-0.1, -0.05) is 34.1 Å². The molecule has 0 bridgehead atoms. The molecule has 4 aromatic rings. The van der Waals surface area contributed by atoms with Crippen LogP contribution >= 0.6 is 27.3 Å². The number of halogens is 1. The van der Waals surface area contributed by atoms with E-state index in [2.05, 4.69) is 57.5 Å². The average Bonchev–Trinajstić information content (AvgIpc) is 3.37. The van der Waals surface area contributed by atoms with Crippen molar-refractivity contribution in [2.45, 2.75) is 19.9 Å². The molecule has 0 saturated carbocycles. The molecule has 5 nitrogen and oxygen atoms in total. The average molecular weight is 482 g/mol. The van der Waals surface area contributed by atoms with Crippen LogP contribution < -0.4 is 10.6 Å². The molecule has 3 aromatic heterocycles. The molecule has 0 unspecified atom stereocenters. The molecule has 4 rings (SSSR count). The molecule has 7 heteroatoms.